The van der Waals surface area contributed by atoms with Gasteiger partial charge in [-0.05, 0) is 61.2 Å². The summed E-state index contributed by atoms with van der Waals surface area (Å²) in [6.45, 7) is 11.4. The highest BCUT2D eigenvalue weighted by Gasteiger charge is 2.46. The minimum atomic E-state index is -0.315. The van der Waals surface area contributed by atoms with Crippen LogP contribution in [0.3, 0.4) is 0 Å². The van der Waals surface area contributed by atoms with Gasteiger partial charge in [0.05, 0.1) is 12.2 Å². The van der Waals surface area contributed by atoms with Crippen LogP contribution in [0, 0.1) is 41.4 Å². The topological polar surface area (TPSA) is 40.5 Å². The normalized spacial score (nSPS) is 40.5. The van der Waals surface area contributed by atoms with Crippen molar-refractivity contribution in [1.82, 2.24) is 0 Å². The Morgan fingerprint density at radius 3 is 1.83 bits per heavy atom. The molecule has 2 rings (SSSR count). The van der Waals surface area contributed by atoms with E-state index >= 15 is 0 Å². The molecule has 2 aliphatic carbocycles. The Morgan fingerprint density at radius 1 is 0.792 bits per heavy atom. The first-order valence-electron chi connectivity index (χ1n) is 10.8. The van der Waals surface area contributed by atoms with Crippen molar-refractivity contribution >= 4 is 0 Å². The molecule has 142 valence electrons. The third-order valence-electron chi connectivity index (χ3n) is 7.69. The fraction of sp³-hybridized carbons (Fsp3) is 1.00. The fourth-order valence-corrected chi connectivity index (χ4v) is 6.09. The smallest absolute Gasteiger partial charge is 0.0626 e. The number of aliphatic hydroxyl groups is 2. The summed E-state index contributed by atoms with van der Waals surface area (Å²) in [5, 5.41) is 22.7. The predicted octanol–water partition coefficient (Wildman–Crippen LogP) is 5.27. The summed E-state index contributed by atoms with van der Waals surface area (Å²) in [5.41, 5.74) is 0. The highest BCUT2D eigenvalue weighted by Crippen LogP contribution is 2.47. The first-order valence-corrected chi connectivity index (χ1v) is 10.8. The Hall–Kier alpha value is -0.0800. The lowest BCUT2D eigenvalue weighted by molar-refractivity contribution is -0.0787. The van der Waals surface area contributed by atoms with Crippen molar-refractivity contribution in [2.75, 3.05) is 0 Å². The zero-order valence-corrected chi connectivity index (χ0v) is 16.7. The van der Waals surface area contributed by atoms with E-state index in [0.29, 0.717) is 35.5 Å². The molecule has 0 heterocycles. The zero-order valence-electron chi connectivity index (χ0n) is 16.7. The molecule has 2 saturated carbocycles. The number of fused-ring (bicyclic) bond motifs is 1. The van der Waals surface area contributed by atoms with Crippen LogP contribution in [-0.4, -0.2) is 22.4 Å². The largest absolute Gasteiger partial charge is 0.392 e. The van der Waals surface area contributed by atoms with E-state index in [2.05, 4.69) is 34.6 Å². The molecule has 0 saturated heterocycles. The lowest BCUT2D eigenvalue weighted by Crippen LogP contribution is -2.45. The fourth-order valence-electron chi connectivity index (χ4n) is 6.09. The molecule has 2 aliphatic rings. The first kappa shape index (κ1) is 20.2. The first-order chi connectivity index (χ1) is 11.4. The summed E-state index contributed by atoms with van der Waals surface area (Å²) in [5.74, 6) is 3.12. The van der Waals surface area contributed by atoms with E-state index in [1.165, 1.54) is 25.7 Å². The van der Waals surface area contributed by atoms with Crippen molar-refractivity contribution in [2.24, 2.45) is 41.4 Å². The highest BCUT2D eigenvalue weighted by atomic mass is 16.3. The van der Waals surface area contributed by atoms with Gasteiger partial charge in [0.15, 0.2) is 0 Å². The van der Waals surface area contributed by atoms with E-state index in [1.807, 2.05) is 0 Å². The molecule has 0 spiro atoms. The summed E-state index contributed by atoms with van der Waals surface area (Å²) in [7, 11) is 0. The molecule has 0 aromatic carbocycles. The van der Waals surface area contributed by atoms with Gasteiger partial charge in [-0.25, -0.2) is 0 Å². The van der Waals surface area contributed by atoms with Crippen molar-refractivity contribution in [3.63, 3.8) is 0 Å². The minimum absolute atomic E-state index is 0.104. The molecule has 2 N–H and O–H groups in total. The lowest BCUT2D eigenvalue weighted by Gasteiger charge is -2.41. The predicted molar refractivity (Wildman–Crippen MR) is 102 cm³/mol. The minimum Gasteiger partial charge on any atom is -0.392 e. The van der Waals surface area contributed by atoms with E-state index in [1.54, 1.807) is 0 Å². The van der Waals surface area contributed by atoms with Crippen LogP contribution in [0.2, 0.25) is 0 Å². The molecule has 2 heteroatoms. The third-order valence-corrected chi connectivity index (χ3v) is 7.69. The van der Waals surface area contributed by atoms with Gasteiger partial charge < -0.3 is 10.2 Å². The third kappa shape index (κ3) is 4.18. The molecule has 2 fully saturated rings. The second kappa shape index (κ2) is 9.03. The molecule has 6 unspecified atom stereocenters. The molecule has 0 bridgehead atoms. The second-order valence-corrected chi connectivity index (χ2v) is 9.21. The van der Waals surface area contributed by atoms with Crippen molar-refractivity contribution in [3.8, 4) is 0 Å². The number of hydrogen-bond acceptors (Lipinski definition) is 2. The van der Waals surface area contributed by atoms with Crippen LogP contribution in [0.4, 0.5) is 0 Å². The van der Waals surface area contributed by atoms with Crippen molar-refractivity contribution in [3.05, 3.63) is 0 Å². The van der Waals surface area contributed by atoms with E-state index in [9.17, 15) is 10.2 Å². The van der Waals surface area contributed by atoms with E-state index < -0.39 is 0 Å². The van der Waals surface area contributed by atoms with Gasteiger partial charge in [-0.3, -0.25) is 0 Å². The molecular formula is C22H42O2. The van der Waals surface area contributed by atoms with E-state index in [0.717, 1.165) is 25.7 Å². The highest BCUT2D eigenvalue weighted by molar-refractivity contribution is 4.96. The van der Waals surface area contributed by atoms with Crippen LogP contribution in [0.15, 0.2) is 0 Å². The maximum Gasteiger partial charge on any atom is 0.0626 e. The molecule has 0 aromatic rings. The van der Waals surface area contributed by atoms with Gasteiger partial charge in [0.25, 0.3) is 0 Å². The molecular weight excluding hydrogens is 296 g/mol. The van der Waals surface area contributed by atoms with Gasteiger partial charge in [-0.15, -0.1) is 0 Å². The Kier molecular flexibility index (Phi) is 7.61. The molecule has 8 atom stereocenters. The van der Waals surface area contributed by atoms with Crippen LogP contribution in [0.25, 0.3) is 0 Å². The Bertz CT molecular complexity index is 367. The summed E-state index contributed by atoms with van der Waals surface area (Å²) in [6.07, 6.45) is 8.79. The van der Waals surface area contributed by atoms with Gasteiger partial charge in [0, 0.05) is 5.92 Å². The van der Waals surface area contributed by atoms with Crippen LogP contribution < -0.4 is 0 Å². The van der Waals surface area contributed by atoms with Crippen LogP contribution in [0.5, 0.6) is 0 Å². The summed E-state index contributed by atoms with van der Waals surface area (Å²) in [4.78, 5) is 0. The monoisotopic (exact) mass is 338 g/mol. The van der Waals surface area contributed by atoms with Crippen molar-refractivity contribution in [2.45, 2.75) is 98.2 Å². The van der Waals surface area contributed by atoms with Gasteiger partial charge in [0.2, 0.25) is 0 Å². The Morgan fingerprint density at radius 2 is 1.33 bits per heavy atom. The maximum absolute atomic E-state index is 11.4. The average Bonchev–Trinajstić information content (AvgIpc) is 2.80. The van der Waals surface area contributed by atoms with Crippen LogP contribution in [-0.2, 0) is 0 Å². The molecule has 0 amide bonds. The van der Waals surface area contributed by atoms with E-state index in [4.69, 9.17) is 0 Å². The molecule has 0 aromatic heterocycles. The van der Waals surface area contributed by atoms with Crippen molar-refractivity contribution in [1.29, 1.82) is 0 Å². The van der Waals surface area contributed by atoms with E-state index in [-0.39, 0.29) is 18.1 Å². The number of rotatable bonds is 5. The summed E-state index contributed by atoms with van der Waals surface area (Å²) < 4.78 is 0. The molecule has 2 nitrogen and oxygen atoms in total. The molecule has 24 heavy (non-hydrogen) atoms. The average molecular weight is 339 g/mol. The maximum atomic E-state index is 11.4. The molecule has 0 aliphatic heterocycles. The zero-order chi connectivity index (χ0) is 17.9. The standard InChI is InChI=1S/C22H42O2/c1-6-15(5)18-12-8-10-16-11-9-13-19(17(7-2)14(3)4)22(24)20(16)21(18)23/h14-24H,6-13H2,1-5H3/t15?,16?,17?,18-,19-,20?,21?,22?/m1/s1. The SMILES string of the molecule is CCC(C)[C@H]1CCCC2CCC[C@H](C(CC)C(C)C)C(O)C2C1O. The second-order valence-electron chi connectivity index (χ2n) is 9.21. The van der Waals surface area contributed by atoms with Crippen LogP contribution >= 0.6 is 0 Å². The van der Waals surface area contributed by atoms with Crippen molar-refractivity contribution < 1.29 is 10.2 Å². The van der Waals surface area contributed by atoms with Gasteiger partial charge in [-0.1, -0.05) is 60.3 Å². The number of hydrogen-bond donors (Lipinski definition) is 2. The Labute approximate surface area is 150 Å². The summed E-state index contributed by atoms with van der Waals surface area (Å²) in [6, 6.07) is 0. The number of aliphatic hydroxyl groups excluding tert-OH is 2. The van der Waals surface area contributed by atoms with Gasteiger partial charge >= 0.3 is 0 Å². The summed E-state index contributed by atoms with van der Waals surface area (Å²) >= 11 is 0. The van der Waals surface area contributed by atoms with Crippen LogP contribution in [0.1, 0.15) is 86.0 Å². The quantitative estimate of drug-likeness (QED) is 0.717. The van der Waals surface area contributed by atoms with Gasteiger partial charge in [0.1, 0.15) is 0 Å². The Balaban J connectivity index is 2.27. The molecule has 0 radical (unpaired) electrons. The lowest BCUT2D eigenvalue weighted by atomic mass is 9.69. The van der Waals surface area contributed by atoms with Gasteiger partial charge in [-0.2, -0.15) is 0 Å².